The number of carbonyl (C=O) groups is 1. The van der Waals surface area contributed by atoms with Gasteiger partial charge in [-0.3, -0.25) is 4.79 Å². The molecule has 0 aliphatic carbocycles. The molecule has 0 unspecified atom stereocenters. The average molecular weight is 223 g/mol. The maximum Gasteiger partial charge on any atom is 0.323 e. The van der Waals surface area contributed by atoms with Crippen LogP contribution in [0.25, 0.3) is 0 Å². The van der Waals surface area contributed by atoms with E-state index in [9.17, 15) is 4.79 Å². The van der Waals surface area contributed by atoms with E-state index in [1.54, 1.807) is 12.1 Å². The van der Waals surface area contributed by atoms with Crippen LogP contribution >= 0.6 is 0 Å². The number of hydrogen-bond donors (Lipinski definition) is 1. The van der Waals surface area contributed by atoms with Crippen molar-refractivity contribution in [1.82, 2.24) is 9.97 Å². The number of anilines is 1. The highest BCUT2D eigenvalue weighted by atomic mass is 16.5. The minimum atomic E-state index is -0.951. The van der Waals surface area contributed by atoms with Crippen LogP contribution in [0.15, 0.2) is 24.9 Å². The van der Waals surface area contributed by atoms with Crippen molar-refractivity contribution >= 4 is 11.9 Å². The normalized spacial score (nSPS) is 9.56. The topological polar surface area (TPSA) is 75.6 Å². The monoisotopic (exact) mass is 223 g/mol. The molecule has 0 radical (unpaired) electrons. The molecule has 0 aliphatic rings. The third-order valence-electron chi connectivity index (χ3n) is 1.78. The summed E-state index contributed by atoms with van der Waals surface area (Å²) >= 11 is 0. The first kappa shape index (κ1) is 12.0. The third-order valence-corrected chi connectivity index (χ3v) is 1.78. The maximum atomic E-state index is 10.6. The van der Waals surface area contributed by atoms with Gasteiger partial charge in [-0.05, 0) is 0 Å². The molecule has 16 heavy (non-hydrogen) atoms. The number of ether oxygens (including phenoxy) is 1. The highest BCUT2D eigenvalue weighted by Crippen LogP contribution is 2.11. The Bertz CT molecular complexity index is 381. The van der Waals surface area contributed by atoms with Crippen molar-refractivity contribution < 1.29 is 14.6 Å². The van der Waals surface area contributed by atoms with Crippen LogP contribution in [0.3, 0.4) is 0 Å². The molecule has 0 aromatic carbocycles. The molecule has 86 valence electrons. The molecule has 0 atom stereocenters. The van der Waals surface area contributed by atoms with Gasteiger partial charge in [-0.25, -0.2) is 4.98 Å². The van der Waals surface area contributed by atoms with Crippen LogP contribution in [0.4, 0.5) is 5.95 Å². The number of hydrogen-bond acceptors (Lipinski definition) is 5. The highest BCUT2D eigenvalue weighted by molar-refractivity contribution is 5.72. The molecule has 6 nitrogen and oxygen atoms in total. The predicted molar refractivity (Wildman–Crippen MR) is 58.6 cm³/mol. The largest absolute Gasteiger partial charge is 0.481 e. The smallest absolute Gasteiger partial charge is 0.323 e. The number of aromatic nitrogens is 2. The fourth-order valence-corrected chi connectivity index (χ4v) is 1.13. The van der Waals surface area contributed by atoms with Crippen molar-refractivity contribution in [3.05, 3.63) is 24.9 Å². The summed E-state index contributed by atoms with van der Waals surface area (Å²) in [5, 5.41) is 8.74. The van der Waals surface area contributed by atoms with E-state index in [4.69, 9.17) is 9.84 Å². The number of carboxylic acid groups (broad SMARTS) is 1. The van der Waals surface area contributed by atoms with E-state index in [0.29, 0.717) is 18.4 Å². The Morgan fingerprint density at radius 3 is 3.06 bits per heavy atom. The van der Waals surface area contributed by atoms with E-state index < -0.39 is 5.97 Å². The zero-order valence-electron chi connectivity index (χ0n) is 8.96. The van der Waals surface area contributed by atoms with Gasteiger partial charge in [0.25, 0.3) is 0 Å². The fourth-order valence-electron chi connectivity index (χ4n) is 1.13. The van der Waals surface area contributed by atoms with Crippen molar-refractivity contribution in [3.8, 4) is 5.88 Å². The molecule has 1 N–H and O–H groups in total. The molecular formula is C10H13N3O3. The lowest BCUT2D eigenvalue weighted by Gasteiger charge is -2.18. The Hall–Kier alpha value is -2.11. The summed E-state index contributed by atoms with van der Waals surface area (Å²) in [4.78, 5) is 20.2. The van der Waals surface area contributed by atoms with Crippen LogP contribution in [0.1, 0.15) is 0 Å². The number of aliphatic carboxylic acids is 1. The first-order valence-corrected chi connectivity index (χ1v) is 4.62. The Balaban J connectivity index is 2.90. The molecule has 6 heteroatoms. The van der Waals surface area contributed by atoms with Gasteiger partial charge in [0.2, 0.25) is 11.8 Å². The van der Waals surface area contributed by atoms with Crippen molar-refractivity contribution in [2.75, 3.05) is 25.1 Å². The Morgan fingerprint density at radius 2 is 2.50 bits per heavy atom. The number of carboxylic acids is 1. The van der Waals surface area contributed by atoms with E-state index >= 15 is 0 Å². The van der Waals surface area contributed by atoms with Crippen molar-refractivity contribution in [3.63, 3.8) is 0 Å². The Kier molecular flexibility index (Phi) is 4.26. The molecule has 0 saturated heterocycles. The molecule has 0 amide bonds. The maximum absolute atomic E-state index is 10.6. The molecule has 1 heterocycles. The van der Waals surface area contributed by atoms with Gasteiger partial charge in [0.15, 0.2) is 0 Å². The Morgan fingerprint density at radius 1 is 1.75 bits per heavy atom. The van der Waals surface area contributed by atoms with E-state index in [-0.39, 0.29) is 6.54 Å². The molecule has 0 spiro atoms. The van der Waals surface area contributed by atoms with Gasteiger partial charge in [-0.2, -0.15) is 4.98 Å². The summed E-state index contributed by atoms with van der Waals surface area (Å²) in [6, 6.07) is 1.59. The van der Waals surface area contributed by atoms with Crippen molar-refractivity contribution in [2.45, 2.75) is 0 Å². The lowest BCUT2D eigenvalue weighted by molar-refractivity contribution is -0.135. The first-order chi connectivity index (χ1) is 7.67. The zero-order chi connectivity index (χ0) is 12.0. The molecule has 0 saturated carbocycles. The number of rotatable bonds is 6. The van der Waals surface area contributed by atoms with Gasteiger partial charge in [0.1, 0.15) is 6.54 Å². The van der Waals surface area contributed by atoms with Gasteiger partial charge < -0.3 is 14.7 Å². The van der Waals surface area contributed by atoms with Crippen molar-refractivity contribution in [1.29, 1.82) is 0 Å². The fraction of sp³-hybridized carbons (Fsp3) is 0.300. The summed E-state index contributed by atoms with van der Waals surface area (Å²) in [6.45, 7) is 3.73. The van der Waals surface area contributed by atoms with E-state index in [2.05, 4.69) is 16.5 Å². The summed E-state index contributed by atoms with van der Waals surface area (Å²) in [5.41, 5.74) is 0. The molecule has 0 aliphatic heterocycles. The highest BCUT2D eigenvalue weighted by Gasteiger charge is 2.12. The van der Waals surface area contributed by atoms with Crippen molar-refractivity contribution in [2.24, 2.45) is 0 Å². The number of methoxy groups -OCH3 is 1. The second-order valence-corrected chi connectivity index (χ2v) is 2.96. The number of nitrogens with zero attached hydrogens (tertiary/aromatic N) is 3. The lowest BCUT2D eigenvalue weighted by atomic mass is 10.4. The van der Waals surface area contributed by atoms with E-state index in [1.165, 1.54) is 18.2 Å². The molecule has 0 bridgehead atoms. The third kappa shape index (κ3) is 3.23. The quantitative estimate of drug-likeness (QED) is 0.710. The Labute approximate surface area is 93.2 Å². The first-order valence-electron chi connectivity index (χ1n) is 4.62. The summed E-state index contributed by atoms with van der Waals surface area (Å²) < 4.78 is 4.94. The molecule has 1 rings (SSSR count). The lowest BCUT2D eigenvalue weighted by Crippen LogP contribution is -2.31. The average Bonchev–Trinajstić information content (AvgIpc) is 2.28. The van der Waals surface area contributed by atoms with Crippen LogP contribution in [-0.4, -0.2) is 41.2 Å². The molecule has 1 aromatic rings. The van der Waals surface area contributed by atoms with Gasteiger partial charge in [0.05, 0.1) is 7.11 Å². The second-order valence-electron chi connectivity index (χ2n) is 2.96. The zero-order valence-corrected chi connectivity index (χ0v) is 8.96. The second kappa shape index (κ2) is 5.69. The standard InChI is InChI=1S/C10H13N3O3/c1-3-6-13(7-9(14)15)10-11-5-4-8(12-10)16-2/h3-5H,1,6-7H2,2H3,(H,14,15). The van der Waals surface area contributed by atoms with Gasteiger partial charge in [-0.15, -0.1) is 6.58 Å². The van der Waals surface area contributed by atoms with Crippen LogP contribution in [0.5, 0.6) is 5.88 Å². The molecule has 1 aromatic heterocycles. The SMILES string of the molecule is C=CCN(CC(=O)O)c1nccc(OC)n1. The molecule has 0 fully saturated rings. The van der Waals surface area contributed by atoms with Gasteiger partial charge >= 0.3 is 5.97 Å². The van der Waals surface area contributed by atoms with Gasteiger partial charge in [-0.1, -0.05) is 6.08 Å². The van der Waals surface area contributed by atoms with E-state index in [0.717, 1.165) is 0 Å². The van der Waals surface area contributed by atoms with Crippen LogP contribution < -0.4 is 9.64 Å². The summed E-state index contributed by atoms with van der Waals surface area (Å²) in [6.07, 6.45) is 3.10. The molecular weight excluding hydrogens is 210 g/mol. The van der Waals surface area contributed by atoms with Crippen LogP contribution in [0.2, 0.25) is 0 Å². The van der Waals surface area contributed by atoms with E-state index in [1.807, 2.05) is 0 Å². The summed E-state index contributed by atoms with van der Waals surface area (Å²) in [7, 11) is 1.49. The van der Waals surface area contributed by atoms with Crippen LogP contribution in [0, 0.1) is 0 Å². The van der Waals surface area contributed by atoms with Crippen LogP contribution in [-0.2, 0) is 4.79 Å². The van der Waals surface area contributed by atoms with Gasteiger partial charge in [0, 0.05) is 18.8 Å². The predicted octanol–water partition coefficient (Wildman–Crippen LogP) is 0.562. The minimum Gasteiger partial charge on any atom is -0.481 e. The summed E-state index contributed by atoms with van der Waals surface area (Å²) in [5.74, 6) is -0.251. The minimum absolute atomic E-state index is 0.181.